The summed E-state index contributed by atoms with van der Waals surface area (Å²) in [5, 5.41) is 8.40. The number of piperidine rings is 1. The molecule has 0 saturated carbocycles. The monoisotopic (exact) mass is 374 g/mol. The highest BCUT2D eigenvalue weighted by Gasteiger charge is 2.26. The second-order valence-electron chi connectivity index (χ2n) is 7.15. The van der Waals surface area contributed by atoms with Gasteiger partial charge in [0.25, 0.3) is 5.56 Å². The van der Waals surface area contributed by atoms with Crippen molar-refractivity contribution in [1.29, 1.82) is 0 Å². The number of rotatable bonds is 5. The lowest BCUT2D eigenvalue weighted by Crippen LogP contribution is -2.44. The molecule has 3 rings (SSSR count). The molecule has 0 N–H and O–H groups in total. The van der Waals surface area contributed by atoms with Gasteiger partial charge in [-0.2, -0.15) is 16.4 Å². The van der Waals surface area contributed by atoms with Crippen molar-refractivity contribution >= 4 is 22.9 Å². The molecule has 3 heterocycles. The van der Waals surface area contributed by atoms with E-state index in [0.717, 1.165) is 30.6 Å². The normalized spacial score (nSPS) is 17.5. The van der Waals surface area contributed by atoms with Crippen LogP contribution in [-0.2, 0) is 11.2 Å². The number of thiophene rings is 1. The predicted molar refractivity (Wildman–Crippen MR) is 105 cm³/mol. The molecule has 0 aromatic carbocycles. The molecule has 1 atom stereocenters. The van der Waals surface area contributed by atoms with Crippen LogP contribution in [0.4, 0.5) is 5.69 Å². The average molecular weight is 375 g/mol. The number of nitrogens with zero attached hydrogens (tertiary/aromatic N) is 4. The Morgan fingerprint density at radius 2 is 2.27 bits per heavy atom. The van der Waals surface area contributed by atoms with E-state index in [2.05, 4.69) is 18.9 Å². The number of carbonyl (C=O) groups is 1. The van der Waals surface area contributed by atoms with Gasteiger partial charge in [-0.1, -0.05) is 0 Å². The Bertz CT molecular complexity index is 800. The van der Waals surface area contributed by atoms with E-state index in [9.17, 15) is 9.59 Å². The van der Waals surface area contributed by atoms with E-state index >= 15 is 0 Å². The number of anilines is 1. The second-order valence-corrected chi connectivity index (χ2v) is 7.93. The van der Waals surface area contributed by atoms with Crippen molar-refractivity contribution in [1.82, 2.24) is 14.7 Å². The number of hydrogen-bond donors (Lipinski definition) is 0. The van der Waals surface area contributed by atoms with Crippen LogP contribution in [-0.4, -0.2) is 46.8 Å². The number of hydrogen-bond acceptors (Lipinski definition) is 5. The molecule has 1 fully saturated rings. The van der Waals surface area contributed by atoms with Crippen molar-refractivity contribution < 1.29 is 4.79 Å². The standard InChI is InChI=1S/C19H26N4O2S/c1-14(2)21(3)17-10-19(25)23(20-11-17)16-5-4-7-22(12-16)18(24)9-15-6-8-26-13-15/h6,8,10-11,13-14,16H,4-5,7,9,12H2,1-3H3/t16-/m0/s1. The average Bonchev–Trinajstić information content (AvgIpc) is 3.14. The molecule has 0 radical (unpaired) electrons. The van der Waals surface area contributed by atoms with Gasteiger partial charge in [0.2, 0.25) is 5.91 Å². The Balaban J connectivity index is 1.71. The van der Waals surface area contributed by atoms with Crippen LogP contribution in [0.5, 0.6) is 0 Å². The third-order valence-electron chi connectivity index (χ3n) is 5.02. The molecule has 1 aliphatic heterocycles. The molecular weight excluding hydrogens is 348 g/mol. The fourth-order valence-electron chi connectivity index (χ4n) is 3.23. The molecule has 7 heteroatoms. The van der Waals surface area contributed by atoms with Crippen LogP contribution in [0.25, 0.3) is 0 Å². The fraction of sp³-hybridized carbons (Fsp3) is 0.526. The minimum Gasteiger partial charge on any atom is -0.371 e. The molecule has 2 aromatic rings. The fourth-order valence-corrected chi connectivity index (χ4v) is 3.90. The Hall–Kier alpha value is -2.15. The summed E-state index contributed by atoms with van der Waals surface area (Å²) in [6.07, 6.45) is 3.93. The first-order valence-corrected chi connectivity index (χ1v) is 10.0. The van der Waals surface area contributed by atoms with Gasteiger partial charge in [0.15, 0.2) is 0 Å². The Morgan fingerprint density at radius 1 is 1.46 bits per heavy atom. The smallest absolute Gasteiger partial charge is 0.269 e. The van der Waals surface area contributed by atoms with Crippen LogP contribution in [0.2, 0.25) is 0 Å². The van der Waals surface area contributed by atoms with Crippen molar-refractivity contribution in [2.24, 2.45) is 0 Å². The van der Waals surface area contributed by atoms with Crippen molar-refractivity contribution in [3.05, 3.63) is 45.0 Å². The maximum atomic E-state index is 12.6. The number of carbonyl (C=O) groups excluding carboxylic acids is 1. The van der Waals surface area contributed by atoms with Crippen molar-refractivity contribution in [2.45, 2.75) is 45.2 Å². The summed E-state index contributed by atoms with van der Waals surface area (Å²) in [6, 6.07) is 3.87. The zero-order chi connectivity index (χ0) is 18.7. The SMILES string of the molecule is CC(C)N(C)c1cnn([C@H]2CCCN(C(=O)Cc3ccsc3)C2)c(=O)c1. The number of amides is 1. The molecule has 0 aliphatic carbocycles. The first kappa shape index (κ1) is 18.6. The third-order valence-corrected chi connectivity index (χ3v) is 5.76. The first-order chi connectivity index (χ1) is 12.5. The van der Waals surface area contributed by atoms with E-state index in [1.165, 1.54) is 0 Å². The maximum Gasteiger partial charge on any atom is 0.269 e. The van der Waals surface area contributed by atoms with Gasteiger partial charge >= 0.3 is 0 Å². The summed E-state index contributed by atoms with van der Waals surface area (Å²) < 4.78 is 1.54. The minimum atomic E-state index is -0.105. The molecule has 0 bridgehead atoms. The highest BCUT2D eigenvalue weighted by molar-refractivity contribution is 7.08. The summed E-state index contributed by atoms with van der Waals surface area (Å²) in [4.78, 5) is 29.0. The topological polar surface area (TPSA) is 58.4 Å². The summed E-state index contributed by atoms with van der Waals surface area (Å²) in [7, 11) is 1.96. The molecule has 26 heavy (non-hydrogen) atoms. The lowest BCUT2D eigenvalue weighted by molar-refractivity contribution is -0.132. The van der Waals surface area contributed by atoms with Crippen LogP contribution in [0.1, 0.15) is 38.3 Å². The van der Waals surface area contributed by atoms with Gasteiger partial charge in [0.05, 0.1) is 24.3 Å². The molecule has 1 aliphatic rings. The van der Waals surface area contributed by atoms with E-state index in [4.69, 9.17) is 0 Å². The van der Waals surface area contributed by atoms with Crippen molar-refractivity contribution in [3.63, 3.8) is 0 Å². The molecular formula is C19H26N4O2S. The Morgan fingerprint density at radius 3 is 2.92 bits per heavy atom. The van der Waals surface area contributed by atoms with Gasteiger partial charge in [0.1, 0.15) is 0 Å². The minimum absolute atomic E-state index is 0.0546. The highest BCUT2D eigenvalue weighted by Crippen LogP contribution is 2.21. The molecule has 0 unspecified atom stereocenters. The molecule has 1 amide bonds. The van der Waals surface area contributed by atoms with Crippen molar-refractivity contribution in [2.75, 3.05) is 25.0 Å². The largest absolute Gasteiger partial charge is 0.371 e. The van der Waals surface area contributed by atoms with Crippen LogP contribution < -0.4 is 10.5 Å². The van der Waals surface area contributed by atoms with Gasteiger partial charge < -0.3 is 9.80 Å². The number of aromatic nitrogens is 2. The molecule has 0 spiro atoms. The summed E-state index contributed by atoms with van der Waals surface area (Å²) in [5.41, 5.74) is 1.77. The third kappa shape index (κ3) is 4.15. The maximum absolute atomic E-state index is 12.6. The van der Waals surface area contributed by atoms with Gasteiger partial charge in [-0.25, -0.2) is 4.68 Å². The Labute approximate surface area is 158 Å². The van der Waals surface area contributed by atoms with E-state index in [-0.39, 0.29) is 17.5 Å². The summed E-state index contributed by atoms with van der Waals surface area (Å²) in [6.45, 7) is 5.45. The van der Waals surface area contributed by atoms with E-state index < -0.39 is 0 Å². The number of likely N-dealkylation sites (tertiary alicyclic amines) is 1. The molecule has 2 aromatic heterocycles. The van der Waals surface area contributed by atoms with Crippen LogP contribution in [0.3, 0.4) is 0 Å². The quantitative estimate of drug-likeness (QED) is 0.807. The van der Waals surface area contributed by atoms with Crippen LogP contribution in [0, 0.1) is 0 Å². The van der Waals surface area contributed by atoms with Gasteiger partial charge in [-0.3, -0.25) is 9.59 Å². The summed E-state index contributed by atoms with van der Waals surface area (Å²) >= 11 is 1.60. The first-order valence-electron chi connectivity index (χ1n) is 9.06. The van der Waals surface area contributed by atoms with Crippen LogP contribution >= 0.6 is 11.3 Å². The van der Waals surface area contributed by atoms with Gasteiger partial charge in [0, 0.05) is 32.2 Å². The van der Waals surface area contributed by atoms with Gasteiger partial charge in [-0.15, -0.1) is 0 Å². The zero-order valence-electron chi connectivity index (χ0n) is 15.6. The lowest BCUT2D eigenvalue weighted by Gasteiger charge is -2.33. The predicted octanol–water partition coefficient (Wildman–Crippen LogP) is 2.56. The Kier molecular flexibility index (Phi) is 5.76. The van der Waals surface area contributed by atoms with Gasteiger partial charge in [-0.05, 0) is 49.1 Å². The zero-order valence-corrected chi connectivity index (χ0v) is 16.4. The highest BCUT2D eigenvalue weighted by atomic mass is 32.1. The molecule has 140 valence electrons. The van der Waals surface area contributed by atoms with E-state index in [0.29, 0.717) is 19.0 Å². The molecule has 1 saturated heterocycles. The summed E-state index contributed by atoms with van der Waals surface area (Å²) in [5.74, 6) is 0.123. The van der Waals surface area contributed by atoms with Crippen molar-refractivity contribution in [3.8, 4) is 0 Å². The second kappa shape index (κ2) is 8.03. The van der Waals surface area contributed by atoms with E-state index in [1.54, 1.807) is 28.3 Å². The van der Waals surface area contributed by atoms with Crippen LogP contribution in [0.15, 0.2) is 33.9 Å². The molecule has 6 nitrogen and oxygen atoms in total. The lowest BCUT2D eigenvalue weighted by atomic mass is 10.0. The van der Waals surface area contributed by atoms with E-state index in [1.807, 2.05) is 33.7 Å².